The summed E-state index contributed by atoms with van der Waals surface area (Å²) in [6, 6.07) is 9.96. The van der Waals surface area contributed by atoms with Crippen LogP contribution in [0, 0.1) is 0 Å². The molecule has 1 aromatic carbocycles. The fourth-order valence-electron chi connectivity index (χ4n) is 2.86. The highest BCUT2D eigenvalue weighted by Crippen LogP contribution is 2.19. The zero-order chi connectivity index (χ0) is 16.6. The van der Waals surface area contributed by atoms with Crippen molar-refractivity contribution in [2.75, 3.05) is 32.8 Å². The monoisotopic (exact) mass is 330 g/mol. The zero-order valence-corrected chi connectivity index (χ0v) is 14.3. The minimum absolute atomic E-state index is 0.0318. The third-order valence-electron chi connectivity index (χ3n) is 4.10. The Labute approximate surface area is 143 Å². The normalized spacial score (nSPS) is 18.6. The van der Waals surface area contributed by atoms with E-state index >= 15 is 0 Å². The molecule has 1 atom stereocenters. The lowest BCUT2D eigenvalue weighted by molar-refractivity contribution is -0.0351. The molecular weight excluding hydrogens is 304 g/mol. The van der Waals surface area contributed by atoms with Crippen LogP contribution in [0.25, 0.3) is 0 Å². The Morgan fingerprint density at radius 2 is 2.21 bits per heavy atom. The Bertz CT molecular complexity index is 602. The van der Waals surface area contributed by atoms with Crippen molar-refractivity contribution in [1.82, 2.24) is 20.1 Å². The second-order valence-electron chi connectivity index (χ2n) is 6.07. The third kappa shape index (κ3) is 4.79. The summed E-state index contributed by atoms with van der Waals surface area (Å²) >= 11 is 0. The summed E-state index contributed by atoms with van der Waals surface area (Å²) in [5.41, 5.74) is 0. The highest BCUT2D eigenvalue weighted by Gasteiger charge is 2.24. The van der Waals surface area contributed by atoms with E-state index in [1.54, 1.807) is 0 Å². The standard InChI is InChI=1S/C18H26N4O2/c1-2-7-17-19-18(21-20-17)16-14-22(11-13-24-16)10-6-12-23-15-8-4-3-5-9-15/h3-5,8-9,16H,2,6-7,10-14H2,1H3,(H,19,20,21). The Balaban J connectivity index is 1.41. The van der Waals surface area contributed by atoms with Gasteiger partial charge in [0.15, 0.2) is 5.82 Å². The first-order valence-corrected chi connectivity index (χ1v) is 8.78. The smallest absolute Gasteiger partial charge is 0.180 e. The van der Waals surface area contributed by atoms with Crippen molar-refractivity contribution in [3.8, 4) is 5.75 Å². The number of aromatic nitrogens is 3. The predicted molar refractivity (Wildman–Crippen MR) is 92.1 cm³/mol. The van der Waals surface area contributed by atoms with E-state index in [9.17, 15) is 0 Å². The molecule has 0 radical (unpaired) electrons. The van der Waals surface area contributed by atoms with Crippen molar-refractivity contribution in [2.24, 2.45) is 0 Å². The number of nitrogens with zero attached hydrogens (tertiary/aromatic N) is 3. The highest BCUT2D eigenvalue weighted by molar-refractivity contribution is 5.20. The number of H-pyrrole nitrogens is 1. The van der Waals surface area contributed by atoms with Gasteiger partial charge in [0.2, 0.25) is 0 Å². The fraction of sp³-hybridized carbons (Fsp3) is 0.556. The van der Waals surface area contributed by atoms with Gasteiger partial charge >= 0.3 is 0 Å². The van der Waals surface area contributed by atoms with Crippen LogP contribution in [-0.4, -0.2) is 52.9 Å². The van der Waals surface area contributed by atoms with Gasteiger partial charge in [-0.2, -0.15) is 5.10 Å². The SMILES string of the molecule is CCCc1nc(C2CN(CCCOc3ccccc3)CCO2)n[nH]1. The average Bonchev–Trinajstić information content (AvgIpc) is 3.09. The van der Waals surface area contributed by atoms with Crippen molar-refractivity contribution in [2.45, 2.75) is 32.3 Å². The van der Waals surface area contributed by atoms with Gasteiger partial charge in [-0.25, -0.2) is 4.98 Å². The van der Waals surface area contributed by atoms with Gasteiger partial charge < -0.3 is 9.47 Å². The number of morpholine rings is 1. The van der Waals surface area contributed by atoms with Crippen LogP contribution in [0.1, 0.15) is 37.5 Å². The summed E-state index contributed by atoms with van der Waals surface area (Å²) < 4.78 is 11.6. The molecule has 130 valence electrons. The number of aryl methyl sites for hydroxylation is 1. The van der Waals surface area contributed by atoms with Gasteiger partial charge in [0.25, 0.3) is 0 Å². The first kappa shape index (κ1) is 16.9. The maximum Gasteiger partial charge on any atom is 0.180 e. The molecule has 0 amide bonds. The van der Waals surface area contributed by atoms with Gasteiger partial charge in [0, 0.05) is 26.1 Å². The van der Waals surface area contributed by atoms with Gasteiger partial charge in [-0.15, -0.1) is 0 Å². The molecule has 1 aliphatic heterocycles. The van der Waals surface area contributed by atoms with Crippen molar-refractivity contribution in [1.29, 1.82) is 0 Å². The first-order valence-electron chi connectivity index (χ1n) is 8.78. The quantitative estimate of drug-likeness (QED) is 0.754. The van der Waals surface area contributed by atoms with Crippen LogP contribution in [0.3, 0.4) is 0 Å². The first-order chi connectivity index (χ1) is 11.8. The molecule has 1 aliphatic rings. The summed E-state index contributed by atoms with van der Waals surface area (Å²) in [4.78, 5) is 6.95. The van der Waals surface area contributed by atoms with E-state index in [4.69, 9.17) is 9.47 Å². The molecule has 2 aromatic rings. The van der Waals surface area contributed by atoms with Crippen LogP contribution in [0.2, 0.25) is 0 Å². The molecule has 6 heteroatoms. The van der Waals surface area contributed by atoms with Crippen LogP contribution in [0.4, 0.5) is 0 Å². The molecule has 1 unspecified atom stereocenters. The van der Waals surface area contributed by atoms with Gasteiger partial charge in [0.05, 0.1) is 13.2 Å². The molecule has 2 heterocycles. The van der Waals surface area contributed by atoms with Crippen molar-refractivity contribution in [3.63, 3.8) is 0 Å². The molecule has 3 rings (SSSR count). The molecule has 0 saturated carbocycles. The van der Waals surface area contributed by atoms with Crippen LogP contribution < -0.4 is 4.74 Å². The number of para-hydroxylation sites is 1. The van der Waals surface area contributed by atoms with Crippen LogP contribution in [0.15, 0.2) is 30.3 Å². The number of ether oxygens (including phenoxy) is 2. The summed E-state index contributed by atoms with van der Waals surface area (Å²) in [5, 5.41) is 7.33. The summed E-state index contributed by atoms with van der Waals surface area (Å²) in [5.74, 6) is 2.66. The van der Waals surface area contributed by atoms with E-state index in [-0.39, 0.29) is 6.10 Å². The van der Waals surface area contributed by atoms with Crippen molar-refractivity contribution < 1.29 is 9.47 Å². The maximum atomic E-state index is 5.84. The van der Waals surface area contributed by atoms with Crippen molar-refractivity contribution in [3.05, 3.63) is 42.0 Å². The lowest BCUT2D eigenvalue weighted by atomic mass is 10.2. The van der Waals surface area contributed by atoms with Gasteiger partial charge in [-0.1, -0.05) is 25.1 Å². The van der Waals surface area contributed by atoms with Crippen molar-refractivity contribution >= 4 is 0 Å². The van der Waals surface area contributed by atoms with Crippen LogP contribution in [0.5, 0.6) is 5.75 Å². The molecule has 0 spiro atoms. The molecule has 0 bridgehead atoms. The molecular formula is C18H26N4O2. The number of hydrogen-bond donors (Lipinski definition) is 1. The molecule has 1 saturated heterocycles. The minimum atomic E-state index is -0.0318. The second-order valence-corrected chi connectivity index (χ2v) is 6.07. The molecule has 0 aliphatic carbocycles. The number of rotatable bonds is 8. The summed E-state index contributed by atoms with van der Waals surface area (Å²) in [6.07, 6.45) is 2.96. The third-order valence-corrected chi connectivity index (χ3v) is 4.10. The van der Waals surface area contributed by atoms with E-state index in [0.717, 1.165) is 69.5 Å². The number of nitrogens with one attached hydrogen (secondary N) is 1. The van der Waals surface area contributed by atoms with E-state index in [2.05, 4.69) is 27.0 Å². The minimum Gasteiger partial charge on any atom is -0.494 e. The molecule has 6 nitrogen and oxygen atoms in total. The van der Waals surface area contributed by atoms with E-state index in [1.807, 2.05) is 30.3 Å². The lowest BCUT2D eigenvalue weighted by Crippen LogP contribution is -2.39. The number of hydrogen-bond acceptors (Lipinski definition) is 5. The highest BCUT2D eigenvalue weighted by atomic mass is 16.5. The van der Waals surface area contributed by atoms with E-state index in [0.29, 0.717) is 0 Å². The van der Waals surface area contributed by atoms with Crippen LogP contribution >= 0.6 is 0 Å². The average molecular weight is 330 g/mol. The second kappa shape index (κ2) is 8.80. The van der Waals surface area contributed by atoms with Gasteiger partial charge in [0.1, 0.15) is 17.7 Å². The molecule has 24 heavy (non-hydrogen) atoms. The summed E-state index contributed by atoms with van der Waals surface area (Å²) in [6.45, 7) is 6.38. The fourth-order valence-corrected chi connectivity index (χ4v) is 2.86. The number of benzene rings is 1. The Morgan fingerprint density at radius 3 is 3.04 bits per heavy atom. The van der Waals surface area contributed by atoms with Gasteiger partial charge in [-0.05, 0) is 25.0 Å². The Hall–Kier alpha value is -1.92. The largest absolute Gasteiger partial charge is 0.494 e. The van der Waals surface area contributed by atoms with Gasteiger partial charge in [-0.3, -0.25) is 10.00 Å². The van der Waals surface area contributed by atoms with E-state index in [1.165, 1.54) is 0 Å². The summed E-state index contributed by atoms with van der Waals surface area (Å²) in [7, 11) is 0. The Kier molecular flexibility index (Phi) is 6.20. The Morgan fingerprint density at radius 1 is 1.33 bits per heavy atom. The van der Waals surface area contributed by atoms with E-state index < -0.39 is 0 Å². The predicted octanol–water partition coefficient (Wildman–Crippen LogP) is 2.60. The molecule has 1 N–H and O–H groups in total. The number of aromatic amines is 1. The molecule has 1 fully saturated rings. The zero-order valence-electron chi connectivity index (χ0n) is 14.3. The maximum absolute atomic E-state index is 5.84. The molecule has 1 aromatic heterocycles. The van der Waals surface area contributed by atoms with Crippen LogP contribution in [-0.2, 0) is 11.2 Å². The lowest BCUT2D eigenvalue weighted by Gasteiger charge is -2.31. The topological polar surface area (TPSA) is 63.3 Å².